The van der Waals surface area contributed by atoms with Crippen molar-refractivity contribution in [3.05, 3.63) is 35.3 Å². The molecule has 0 saturated carbocycles. The minimum absolute atomic E-state index is 0.0676. The van der Waals surface area contributed by atoms with Gasteiger partial charge in [0.05, 0.1) is 5.69 Å². The van der Waals surface area contributed by atoms with Crippen molar-refractivity contribution in [3.8, 4) is 0 Å². The van der Waals surface area contributed by atoms with Crippen LogP contribution in [0, 0.1) is 5.92 Å². The number of anilines is 1. The molecule has 3 heterocycles. The lowest BCUT2D eigenvalue weighted by atomic mass is 9.95. The Kier molecular flexibility index (Phi) is 3.92. The molecule has 2 aliphatic rings. The monoisotopic (exact) mass is 326 g/mol. The van der Waals surface area contributed by atoms with E-state index in [1.54, 1.807) is 24.0 Å². The maximum Gasteiger partial charge on any atom is 0.269 e. The van der Waals surface area contributed by atoms with Crippen LogP contribution in [0.2, 0.25) is 0 Å². The second kappa shape index (κ2) is 6.22. The van der Waals surface area contributed by atoms with Crippen molar-refractivity contribution >= 4 is 11.7 Å². The van der Waals surface area contributed by atoms with Crippen molar-refractivity contribution in [2.45, 2.75) is 25.7 Å². The maximum absolute atomic E-state index is 12.1. The number of fused-ring (bicyclic) bond motifs is 1. The Balaban J connectivity index is 1.29. The summed E-state index contributed by atoms with van der Waals surface area (Å²) in [4.78, 5) is 14.3. The number of nitrogens with one attached hydrogen (secondary N) is 1. The zero-order valence-electron chi connectivity index (χ0n) is 13.9. The lowest BCUT2D eigenvalue weighted by Crippen LogP contribution is -2.52. The van der Waals surface area contributed by atoms with Gasteiger partial charge in [-0.3, -0.25) is 9.48 Å². The smallest absolute Gasteiger partial charge is 0.269 e. The summed E-state index contributed by atoms with van der Waals surface area (Å²) in [6.07, 6.45) is 6.29. The summed E-state index contributed by atoms with van der Waals surface area (Å²) in [6, 6.07) is 3.93. The van der Waals surface area contributed by atoms with Crippen LogP contribution >= 0.6 is 0 Å². The lowest BCUT2D eigenvalue weighted by Gasteiger charge is -2.40. The Labute approximate surface area is 141 Å². The first-order valence-corrected chi connectivity index (χ1v) is 8.57. The van der Waals surface area contributed by atoms with Crippen molar-refractivity contribution in [3.63, 3.8) is 0 Å². The fourth-order valence-electron chi connectivity index (χ4n) is 3.44. The molecular formula is C17H22N6O. The predicted octanol–water partition coefficient (Wildman–Crippen LogP) is 0.955. The molecule has 1 aliphatic heterocycles. The Bertz CT molecular complexity index is 749. The normalized spacial score (nSPS) is 17.3. The molecule has 0 spiro atoms. The Morgan fingerprint density at radius 3 is 2.92 bits per heavy atom. The number of hydrogen-bond acceptors (Lipinski definition) is 5. The van der Waals surface area contributed by atoms with Crippen LogP contribution < -0.4 is 10.2 Å². The van der Waals surface area contributed by atoms with E-state index in [1.807, 2.05) is 0 Å². The highest BCUT2D eigenvalue weighted by Crippen LogP contribution is 2.26. The van der Waals surface area contributed by atoms with E-state index in [-0.39, 0.29) is 5.91 Å². The second-order valence-electron chi connectivity index (χ2n) is 6.70. The van der Waals surface area contributed by atoms with Crippen LogP contribution in [-0.4, -0.2) is 45.5 Å². The minimum atomic E-state index is -0.0676. The van der Waals surface area contributed by atoms with Gasteiger partial charge in [-0.1, -0.05) is 0 Å². The fraction of sp³-hybridized carbons (Fsp3) is 0.529. The highest BCUT2D eigenvalue weighted by atomic mass is 16.2. The molecule has 1 N–H and O–H groups in total. The van der Waals surface area contributed by atoms with Crippen molar-refractivity contribution in [2.75, 3.05) is 24.5 Å². The van der Waals surface area contributed by atoms with Gasteiger partial charge >= 0.3 is 0 Å². The number of nitrogens with zero attached hydrogens (tertiary/aromatic N) is 5. The molecule has 0 radical (unpaired) electrons. The molecule has 1 fully saturated rings. The van der Waals surface area contributed by atoms with Gasteiger partial charge < -0.3 is 10.2 Å². The third-order valence-corrected chi connectivity index (χ3v) is 4.94. The van der Waals surface area contributed by atoms with Crippen LogP contribution in [0.4, 0.5) is 5.82 Å². The molecule has 1 saturated heterocycles. The van der Waals surface area contributed by atoms with Crippen LogP contribution in [0.25, 0.3) is 0 Å². The Morgan fingerprint density at radius 2 is 2.12 bits per heavy atom. The van der Waals surface area contributed by atoms with E-state index in [9.17, 15) is 4.79 Å². The number of carbonyl (C=O) groups is 1. The lowest BCUT2D eigenvalue weighted by molar-refractivity contribution is 0.0935. The van der Waals surface area contributed by atoms with Gasteiger partial charge in [-0.2, -0.15) is 10.2 Å². The van der Waals surface area contributed by atoms with Crippen LogP contribution in [0.5, 0.6) is 0 Å². The standard InChI is InChI=1S/C17H22N6O/c1-22-15(6-7-19-22)17(24)18-9-12-10-23(11-12)16-8-13-4-2-3-5-14(13)20-21-16/h6-8,12H,2-5,9-11H2,1H3,(H,18,24). The topological polar surface area (TPSA) is 75.9 Å². The van der Waals surface area contributed by atoms with Gasteiger partial charge in [-0.05, 0) is 43.4 Å². The summed E-state index contributed by atoms with van der Waals surface area (Å²) in [5.41, 5.74) is 3.12. The number of rotatable bonds is 4. The summed E-state index contributed by atoms with van der Waals surface area (Å²) in [5, 5.41) is 15.8. The van der Waals surface area contributed by atoms with Crippen molar-refractivity contribution in [2.24, 2.45) is 13.0 Å². The molecule has 7 heteroatoms. The van der Waals surface area contributed by atoms with E-state index in [1.165, 1.54) is 24.1 Å². The third kappa shape index (κ3) is 2.86. The molecule has 1 amide bonds. The quantitative estimate of drug-likeness (QED) is 0.905. The summed E-state index contributed by atoms with van der Waals surface area (Å²) < 4.78 is 1.59. The van der Waals surface area contributed by atoms with Gasteiger partial charge in [-0.25, -0.2) is 0 Å². The first kappa shape index (κ1) is 15.1. The van der Waals surface area contributed by atoms with Gasteiger partial charge in [0.15, 0.2) is 5.82 Å². The SMILES string of the molecule is Cn1nccc1C(=O)NCC1CN(c2cc3c(nn2)CCCC3)C1. The predicted molar refractivity (Wildman–Crippen MR) is 89.9 cm³/mol. The average Bonchev–Trinajstić information content (AvgIpc) is 2.99. The summed E-state index contributed by atoms with van der Waals surface area (Å²) in [5.74, 6) is 1.37. The molecule has 2 aromatic rings. The largest absolute Gasteiger partial charge is 0.354 e. The van der Waals surface area contributed by atoms with E-state index in [2.05, 4.69) is 31.6 Å². The van der Waals surface area contributed by atoms with Gasteiger partial charge in [-0.15, -0.1) is 5.10 Å². The summed E-state index contributed by atoms with van der Waals surface area (Å²) in [6.45, 7) is 2.51. The van der Waals surface area contributed by atoms with Crippen molar-refractivity contribution in [1.82, 2.24) is 25.3 Å². The number of hydrogen-bond donors (Lipinski definition) is 1. The van der Waals surface area contributed by atoms with Gasteiger partial charge in [0, 0.05) is 38.8 Å². The van der Waals surface area contributed by atoms with Crippen molar-refractivity contribution < 1.29 is 4.79 Å². The highest BCUT2D eigenvalue weighted by molar-refractivity contribution is 5.92. The molecule has 4 rings (SSSR count). The zero-order chi connectivity index (χ0) is 16.5. The Morgan fingerprint density at radius 1 is 1.29 bits per heavy atom. The van der Waals surface area contributed by atoms with E-state index in [4.69, 9.17) is 0 Å². The molecule has 0 bridgehead atoms. The maximum atomic E-state index is 12.1. The fourth-order valence-corrected chi connectivity index (χ4v) is 3.44. The van der Waals surface area contributed by atoms with Crippen LogP contribution in [0.15, 0.2) is 18.3 Å². The van der Waals surface area contributed by atoms with Gasteiger partial charge in [0.1, 0.15) is 5.69 Å². The van der Waals surface area contributed by atoms with Crippen LogP contribution in [-0.2, 0) is 19.9 Å². The van der Waals surface area contributed by atoms with Crippen molar-refractivity contribution in [1.29, 1.82) is 0 Å². The molecule has 0 aromatic carbocycles. The average molecular weight is 326 g/mol. The first-order chi connectivity index (χ1) is 11.7. The van der Waals surface area contributed by atoms with E-state index >= 15 is 0 Å². The molecule has 126 valence electrons. The zero-order valence-corrected chi connectivity index (χ0v) is 13.9. The molecule has 24 heavy (non-hydrogen) atoms. The minimum Gasteiger partial charge on any atom is -0.354 e. The van der Waals surface area contributed by atoms with Gasteiger partial charge in [0.25, 0.3) is 5.91 Å². The molecular weight excluding hydrogens is 304 g/mol. The second-order valence-corrected chi connectivity index (χ2v) is 6.70. The molecule has 1 aliphatic carbocycles. The third-order valence-electron chi connectivity index (χ3n) is 4.94. The van der Waals surface area contributed by atoms with Crippen LogP contribution in [0.3, 0.4) is 0 Å². The van der Waals surface area contributed by atoms with E-state index < -0.39 is 0 Å². The molecule has 0 atom stereocenters. The summed E-state index contributed by atoms with van der Waals surface area (Å²) in [7, 11) is 1.77. The van der Waals surface area contributed by atoms with Gasteiger partial charge in [0.2, 0.25) is 0 Å². The number of amides is 1. The molecule has 7 nitrogen and oxygen atoms in total. The summed E-state index contributed by atoms with van der Waals surface area (Å²) >= 11 is 0. The van der Waals surface area contributed by atoms with Crippen LogP contribution in [0.1, 0.15) is 34.6 Å². The molecule has 2 aromatic heterocycles. The number of aromatic nitrogens is 4. The first-order valence-electron chi connectivity index (χ1n) is 8.57. The Hall–Kier alpha value is -2.44. The highest BCUT2D eigenvalue weighted by Gasteiger charge is 2.29. The van der Waals surface area contributed by atoms with E-state index in [0.717, 1.165) is 31.7 Å². The van der Waals surface area contributed by atoms with E-state index in [0.29, 0.717) is 18.2 Å². The molecule has 0 unspecified atom stereocenters. The number of carbonyl (C=O) groups excluding carboxylic acids is 1. The number of aryl methyl sites for hydroxylation is 3.